The number of nitrogens with two attached hydrogens (primary N) is 1. The van der Waals surface area contributed by atoms with Gasteiger partial charge in [0.2, 0.25) is 23.8 Å². The molecule has 2 aromatic carbocycles. The minimum Gasteiger partial charge on any atom is -0.493 e. The number of hydrogen-bond acceptors (Lipinski definition) is 13. The van der Waals surface area contributed by atoms with Gasteiger partial charge >= 0.3 is 0 Å². The maximum atomic E-state index is 12.3. The normalized spacial score (nSPS) is 10.7. The Hall–Kier alpha value is -4.24. The van der Waals surface area contributed by atoms with Gasteiger partial charge in [0.05, 0.1) is 47.1 Å². The Morgan fingerprint density at radius 3 is 2.28 bits per heavy atom. The number of aromatic nitrogens is 3. The molecule has 0 bridgehead atoms. The average Bonchev–Trinajstić information content (AvgIpc) is 3.02. The van der Waals surface area contributed by atoms with Gasteiger partial charge in [0.15, 0.2) is 11.5 Å². The van der Waals surface area contributed by atoms with Gasteiger partial charge < -0.3 is 51.1 Å². The van der Waals surface area contributed by atoms with Crippen molar-refractivity contribution in [3.8, 4) is 11.5 Å². The van der Waals surface area contributed by atoms with Crippen LogP contribution < -0.4 is 36.5 Å². The number of rotatable bonds is 21. The lowest BCUT2D eigenvalue weighted by atomic mass is 10.1. The van der Waals surface area contributed by atoms with Crippen LogP contribution in [0.3, 0.4) is 0 Å². The molecule has 0 atom stereocenters. The Morgan fingerprint density at radius 1 is 0.860 bits per heavy atom. The van der Waals surface area contributed by atoms with E-state index in [0.29, 0.717) is 88.4 Å². The van der Waals surface area contributed by atoms with Crippen LogP contribution in [0.5, 0.6) is 11.5 Å². The molecule has 43 heavy (non-hydrogen) atoms. The third kappa shape index (κ3) is 11.9. The molecule has 0 aliphatic rings. The van der Waals surface area contributed by atoms with E-state index in [1.165, 1.54) is 0 Å². The minimum atomic E-state index is -0.0943. The summed E-state index contributed by atoms with van der Waals surface area (Å²) in [6, 6.07) is 13.1. The molecule has 234 valence electrons. The number of methoxy groups -OCH3 is 2. The lowest BCUT2D eigenvalue weighted by molar-refractivity contribution is -0.120. The number of amides is 1. The second-order valence-electron chi connectivity index (χ2n) is 9.18. The van der Waals surface area contributed by atoms with Gasteiger partial charge in [-0.3, -0.25) is 4.79 Å². The van der Waals surface area contributed by atoms with Crippen molar-refractivity contribution in [2.75, 3.05) is 82.8 Å². The first-order valence-corrected chi connectivity index (χ1v) is 14.1. The Kier molecular flexibility index (Phi) is 14.7. The van der Waals surface area contributed by atoms with Gasteiger partial charge in [-0.05, 0) is 30.2 Å². The number of aliphatic hydroxyl groups excluding tert-OH is 1. The van der Waals surface area contributed by atoms with Gasteiger partial charge in [-0.25, -0.2) is 0 Å². The van der Waals surface area contributed by atoms with Crippen molar-refractivity contribution in [3.63, 3.8) is 0 Å². The Balaban J connectivity index is 1.57. The van der Waals surface area contributed by atoms with Gasteiger partial charge in [-0.15, -0.1) is 0 Å². The number of carbonyl (C=O) groups excluding carboxylic acids is 1. The zero-order valence-electron chi connectivity index (χ0n) is 24.7. The van der Waals surface area contributed by atoms with Gasteiger partial charge in [0, 0.05) is 44.0 Å². The molecule has 0 fully saturated rings. The first-order chi connectivity index (χ1) is 21.1. The zero-order chi connectivity index (χ0) is 30.7. The Morgan fingerprint density at radius 2 is 1.58 bits per heavy atom. The molecule has 14 nitrogen and oxygen atoms in total. The van der Waals surface area contributed by atoms with E-state index < -0.39 is 0 Å². The topological polar surface area (TPSA) is 187 Å². The van der Waals surface area contributed by atoms with Gasteiger partial charge in [0.1, 0.15) is 0 Å². The van der Waals surface area contributed by atoms with E-state index in [0.717, 1.165) is 16.8 Å². The van der Waals surface area contributed by atoms with E-state index in [-0.39, 0.29) is 18.9 Å². The highest BCUT2D eigenvalue weighted by molar-refractivity contribution is 5.78. The number of carbonyl (C=O) groups is 1. The van der Waals surface area contributed by atoms with Gasteiger partial charge in [-0.2, -0.15) is 15.0 Å². The largest absolute Gasteiger partial charge is 0.493 e. The van der Waals surface area contributed by atoms with E-state index in [1.807, 2.05) is 42.5 Å². The molecule has 3 aromatic rings. The molecule has 14 heteroatoms. The minimum absolute atomic E-state index is 0.0487. The van der Waals surface area contributed by atoms with Crippen LogP contribution in [0.25, 0.3) is 0 Å². The van der Waals surface area contributed by atoms with E-state index in [2.05, 4.69) is 36.2 Å². The fourth-order valence-corrected chi connectivity index (χ4v) is 3.89. The summed E-state index contributed by atoms with van der Waals surface area (Å²) in [5.74, 6) is 2.17. The first-order valence-electron chi connectivity index (χ1n) is 14.1. The van der Waals surface area contributed by atoms with Crippen molar-refractivity contribution in [1.82, 2.24) is 20.3 Å². The number of anilines is 4. The highest BCUT2D eigenvalue weighted by Crippen LogP contribution is 2.31. The zero-order valence-corrected chi connectivity index (χ0v) is 24.7. The number of aliphatic hydroxyl groups is 1. The van der Waals surface area contributed by atoms with Crippen molar-refractivity contribution in [2.24, 2.45) is 5.73 Å². The Labute approximate surface area is 251 Å². The quantitative estimate of drug-likeness (QED) is 0.0974. The summed E-state index contributed by atoms with van der Waals surface area (Å²) in [7, 11) is 3.18. The fourth-order valence-electron chi connectivity index (χ4n) is 3.89. The van der Waals surface area contributed by atoms with E-state index >= 15 is 0 Å². The summed E-state index contributed by atoms with van der Waals surface area (Å²) in [6.07, 6.45) is 0.789. The molecule has 0 saturated carbocycles. The van der Waals surface area contributed by atoms with E-state index in [1.54, 1.807) is 14.2 Å². The van der Waals surface area contributed by atoms with Crippen molar-refractivity contribution < 1.29 is 28.8 Å². The maximum absolute atomic E-state index is 12.3. The van der Waals surface area contributed by atoms with Crippen molar-refractivity contribution in [3.05, 3.63) is 53.6 Å². The SMILES string of the molecule is COc1cccc(CNc2nc(NCCCO)nc(Nc3ccc(CC(=O)NCCOCCOCCN)cc3)n2)c1OC. The molecule has 1 heterocycles. The van der Waals surface area contributed by atoms with Crippen LogP contribution in [0.1, 0.15) is 17.5 Å². The Bertz CT molecular complexity index is 1250. The van der Waals surface area contributed by atoms with Crippen LogP contribution in [-0.4, -0.2) is 92.9 Å². The molecule has 0 unspecified atom stereocenters. The van der Waals surface area contributed by atoms with Crippen LogP contribution >= 0.6 is 0 Å². The summed E-state index contributed by atoms with van der Waals surface area (Å²) in [5, 5.41) is 21.5. The standard InChI is InChI=1S/C29H42N8O6/c1-40-24-6-3-5-22(26(24)41-2)20-33-28-35-27(32-12-4-14-38)36-29(37-28)34-23-9-7-21(8-10-23)19-25(39)31-13-16-43-18-17-42-15-11-30/h3,5-10,38H,4,11-20,30H2,1-2H3,(H,31,39)(H3,32,33,34,35,36,37). The number of nitrogens with one attached hydrogen (secondary N) is 4. The summed E-state index contributed by atoms with van der Waals surface area (Å²) in [4.78, 5) is 25.7. The number of benzene rings is 2. The second-order valence-corrected chi connectivity index (χ2v) is 9.18. The van der Waals surface area contributed by atoms with E-state index in [9.17, 15) is 4.79 Å². The number of nitrogens with zero attached hydrogens (tertiary/aromatic N) is 3. The summed E-state index contributed by atoms with van der Waals surface area (Å²) in [6.45, 7) is 3.68. The fraction of sp³-hybridized carbons (Fsp3) is 0.448. The highest BCUT2D eigenvalue weighted by Gasteiger charge is 2.12. The van der Waals surface area contributed by atoms with Crippen LogP contribution in [0.2, 0.25) is 0 Å². The van der Waals surface area contributed by atoms with Crippen LogP contribution in [-0.2, 0) is 27.2 Å². The number of ether oxygens (including phenoxy) is 4. The van der Waals surface area contributed by atoms with Crippen LogP contribution in [0.15, 0.2) is 42.5 Å². The second kappa shape index (κ2) is 19.0. The van der Waals surface area contributed by atoms with E-state index in [4.69, 9.17) is 29.8 Å². The predicted octanol–water partition coefficient (Wildman–Crippen LogP) is 1.69. The van der Waals surface area contributed by atoms with Gasteiger partial charge in [0.25, 0.3) is 0 Å². The monoisotopic (exact) mass is 598 g/mol. The highest BCUT2D eigenvalue weighted by atomic mass is 16.5. The number of hydrogen-bond donors (Lipinski definition) is 6. The maximum Gasteiger partial charge on any atom is 0.233 e. The van der Waals surface area contributed by atoms with Crippen molar-refractivity contribution >= 4 is 29.4 Å². The van der Waals surface area contributed by atoms with Crippen molar-refractivity contribution in [1.29, 1.82) is 0 Å². The molecular weight excluding hydrogens is 556 g/mol. The summed E-state index contributed by atoms with van der Waals surface area (Å²) >= 11 is 0. The molecule has 0 radical (unpaired) electrons. The van der Waals surface area contributed by atoms with Gasteiger partial charge in [-0.1, -0.05) is 24.3 Å². The molecule has 0 spiro atoms. The smallest absolute Gasteiger partial charge is 0.233 e. The molecule has 0 aliphatic heterocycles. The summed E-state index contributed by atoms with van der Waals surface area (Å²) < 4.78 is 21.6. The van der Waals surface area contributed by atoms with Crippen LogP contribution in [0, 0.1) is 0 Å². The molecule has 1 aromatic heterocycles. The third-order valence-corrected chi connectivity index (χ3v) is 5.95. The molecule has 7 N–H and O–H groups in total. The first kappa shape index (κ1) is 33.3. The lowest BCUT2D eigenvalue weighted by Crippen LogP contribution is -2.29. The third-order valence-electron chi connectivity index (χ3n) is 5.95. The lowest BCUT2D eigenvalue weighted by Gasteiger charge is -2.14. The molecular formula is C29H42N8O6. The average molecular weight is 599 g/mol. The molecule has 1 amide bonds. The predicted molar refractivity (Wildman–Crippen MR) is 164 cm³/mol. The molecule has 0 saturated heterocycles. The number of para-hydroxylation sites is 1. The molecule has 3 rings (SSSR count). The van der Waals surface area contributed by atoms with Crippen molar-refractivity contribution in [2.45, 2.75) is 19.4 Å². The van der Waals surface area contributed by atoms with Crippen LogP contribution in [0.4, 0.5) is 23.5 Å². The molecule has 0 aliphatic carbocycles. The summed E-state index contributed by atoms with van der Waals surface area (Å²) in [5.41, 5.74) is 7.82.